The Balaban J connectivity index is 0.00000341. The topological polar surface area (TPSA) is 73.2 Å². The number of hydrogen-bond donors (Lipinski definition) is 1. The highest BCUT2D eigenvalue weighted by molar-refractivity contribution is 8.93. The van der Waals surface area contributed by atoms with Crippen LogP contribution in [-0.4, -0.2) is 53.8 Å². The maximum Gasteiger partial charge on any atom is 0.244 e. The molecule has 11 heteroatoms. The van der Waals surface area contributed by atoms with Gasteiger partial charge in [-0.05, 0) is 36.4 Å². The SMILES string of the molecule is Br.CCN(CC)S(=O)(=O)c1cc(C2(O)CSC(=Nc3ccc(Cl)cc3)N2C)ccc1Cl. The van der Waals surface area contributed by atoms with Crippen LogP contribution in [0.25, 0.3) is 0 Å². The van der Waals surface area contributed by atoms with Gasteiger partial charge < -0.3 is 10.0 Å². The minimum Gasteiger partial charge on any atom is -0.366 e. The van der Waals surface area contributed by atoms with Gasteiger partial charge in [0.05, 0.1) is 16.5 Å². The zero-order valence-electron chi connectivity index (χ0n) is 17.2. The first-order valence-electron chi connectivity index (χ1n) is 9.37. The number of halogens is 3. The second-order valence-electron chi connectivity index (χ2n) is 6.77. The van der Waals surface area contributed by atoms with Crippen LogP contribution in [0, 0.1) is 0 Å². The Bertz CT molecular complexity index is 1060. The average Bonchev–Trinajstić information content (AvgIpc) is 3.00. The van der Waals surface area contributed by atoms with E-state index in [-0.39, 0.29) is 26.9 Å². The lowest BCUT2D eigenvalue weighted by atomic mass is 10.0. The number of amidine groups is 1. The molecule has 1 aliphatic heterocycles. The Morgan fingerprint density at radius 3 is 2.35 bits per heavy atom. The lowest BCUT2D eigenvalue weighted by molar-refractivity contribution is -0.0349. The van der Waals surface area contributed by atoms with Crippen LogP contribution >= 0.6 is 51.9 Å². The van der Waals surface area contributed by atoms with E-state index >= 15 is 0 Å². The smallest absolute Gasteiger partial charge is 0.244 e. The largest absolute Gasteiger partial charge is 0.366 e. The molecule has 0 aliphatic carbocycles. The molecule has 0 saturated carbocycles. The predicted octanol–water partition coefficient (Wildman–Crippen LogP) is 5.11. The molecule has 0 aromatic heterocycles. The molecule has 0 radical (unpaired) electrons. The quantitative estimate of drug-likeness (QED) is 0.524. The highest BCUT2D eigenvalue weighted by Gasteiger charge is 2.43. The number of aliphatic hydroxyl groups is 1. The van der Waals surface area contributed by atoms with Crippen LogP contribution in [0.2, 0.25) is 10.0 Å². The average molecular weight is 569 g/mol. The summed E-state index contributed by atoms with van der Waals surface area (Å²) in [4.78, 5) is 6.21. The first-order valence-corrected chi connectivity index (χ1v) is 12.5. The number of sulfonamides is 1. The van der Waals surface area contributed by atoms with Crippen molar-refractivity contribution in [2.75, 3.05) is 25.9 Å². The number of thioether (sulfide) groups is 1. The van der Waals surface area contributed by atoms with Crippen LogP contribution in [0.5, 0.6) is 0 Å². The maximum absolute atomic E-state index is 13.0. The molecular weight excluding hydrogens is 545 g/mol. The van der Waals surface area contributed by atoms with Gasteiger partial charge in [-0.3, -0.25) is 0 Å². The van der Waals surface area contributed by atoms with Crippen LogP contribution in [0.4, 0.5) is 5.69 Å². The molecule has 0 amide bonds. The van der Waals surface area contributed by atoms with Gasteiger partial charge in [-0.15, -0.1) is 17.0 Å². The van der Waals surface area contributed by atoms with E-state index in [0.717, 1.165) is 0 Å². The van der Waals surface area contributed by atoms with Gasteiger partial charge in [-0.2, -0.15) is 4.31 Å². The Hall–Kier alpha value is -0.810. The van der Waals surface area contributed by atoms with Gasteiger partial charge in [0.15, 0.2) is 10.9 Å². The molecule has 1 aliphatic rings. The third-order valence-corrected chi connectivity index (χ3v) is 8.97. The Kier molecular flexibility index (Phi) is 8.89. The monoisotopic (exact) mass is 567 g/mol. The highest BCUT2D eigenvalue weighted by Crippen LogP contribution is 2.40. The van der Waals surface area contributed by atoms with E-state index in [9.17, 15) is 13.5 Å². The van der Waals surface area contributed by atoms with E-state index in [0.29, 0.717) is 40.3 Å². The Morgan fingerprint density at radius 2 is 1.77 bits per heavy atom. The van der Waals surface area contributed by atoms with Gasteiger partial charge in [-0.25, -0.2) is 13.4 Å². The fourth-order valence-electron chi connectivity index (χ4n) is 3.18. The molecule has 1 atom stereocenters. The second kappa shape index (κ2) is 10.4. The van der Waals surface area contributed by atoms with Crippen molar-refractivity contribution in [3.05, 3.63) is 58.1 Å². The van der Waals surface area contributed by atoms with Crippen molar-refractivity contribution in [3.8, 4) is 0 Å². The maximum atomic E-state index is 13.0. The summed E-state index contributed by atoms with van der Waals surface area (Å²) in [6, 6.07) is 11.7. The molecule has 3 rings (SSSR count). The Morgan fingerprint density at radius 1 is 1.16 bits per heavy atom. The fourth-order valence-corrected chi connectivity index (χ4v) is 6.47. The summed E-state index contributed by atoms with van der Waals surface area (Å²) in [6.45, 7) is 4.20. The molecule has 170 valence electrons. The molecule has 1 fully saturated rings. The summed E-state index contributed by atoms with van der Waals surface area (Å²) in [5.74, 6) is 0.294. The van der Waals surface area contributed by atoms with Gasteiger partial charge in [0.25, 0.3) is 0 Å². The van der Waals surface area contributed by atoms with Crippen LogP contribution in [0.15, 0.2) is 52.4 Å². The number of hydrogen-bond acceptors (Lipinski definition) is 5. The standard InChI is InChI=1S/C20H23Cl2N3O3S2.BrH/c1-4-25(5-2)30(27,28)18-12-14(6-11-17(18)22)20(26)13-29-19(24(20)3)23-16-9-7-15(21)8-10-16;/h6-12,26H,4-5,13H2,1-3H3;1H. The van der Waals surface area contributed by atoms with E-state index in [1.807, 2.05) is 0 Å². The second-order valence-corrected chi connectivity index (χ2v) is 10.5. The molecule has 1 heterocycles. The summed E-state index contributed by atoms with van der Waals surface area (Å²) in [6.07, 6.45) is 0. The zero-order valence-corrected chi connectivity index (χ0v) is 22.1. The molecule has 0 bridgehead atoms. The lowest BCUT2D eigenvalue weighted by Crippen LogP contribution is -2.42. The number of rotatable bonds is 6. The first-order chi connectivity index (χ1) is 14.1. The van der Waals surface area contributed by atoms with Crippen molar-refractivity contribution >= 4 is 72.8 Å². The third-order valence-electron chi connectivity index (χ3n) is 5.01. The number of aliphatic imine (C=N–C) groups is 1. The van der Waals surface area contributed by atoms with Gasteiger partial charge in [0.1, 0.15) is 4.90 Å². The first kappa shape index (κ1) is 26.4. The fraction of sp³-hybridized carbons (Fsp3) is 0.350. The minimum atomic E-state index is -3.77. The number of nitrogens with zero attached hydrogens (tertiary/aromatic N) is 3. The van der Waals surface area contributed by atoms with Gasteiger partial charge in [0, 0.05) is 30.7 Å². The summed E-state index contributed by atoms with van der Waals surface area (Å²) < 4.78 is 27.4. The van der Waals surface area contributed by atoms with Crippen molar-refractivity contribution in [2.24, 2.45) is 4.99 Å². The van der Waals surface area contributed by atoms with Gasteiger partial charge in [0.2, 0.25) is 10.0 Å². The molecule has 1 unspecified atom stereocenters. The molecule has 2 aromatic carbocycles. The van der Waals surface area contributed by atoms with Crippen LogP contribution in [-0.2, 0) is 15.7 Å². The number of benzene rings is 2. The van der Waals surface area contributed by atoms with Gasteiger partial charge in [-0.1, -0.05) is 54.9 Å². The molecule has 2 aromatic rings. The highest BCUT2D eigenvalue weighted by atomic mass is 79.9. The van der Waals surface area contributed by atoms with E-state index in [4.69, 9.17) is 23.2 Å². The predicted molar refractivity (Wildman–Crippen MR) is 135 cm³/mol. The summed E-state index contributed by atoms with van der Waals surface area (Å²) in [7, 11) is -2.05. The van der Waals surface area contributed by atoms with Crippen molar-refractivity contribution < 1.29 is 13.5 Å². The van der Waals surface area contributed by atoms with Crippen LogP contribution < -0.4 is 0 Å². The molecule has 31 heavy (non-hydrogen) atoms. The van der Waals surface area contributed by atoms with Crippen molar-refractivity contribution in [1.29, 1.82) is 0 Å². The summed E-state index contributed by atoms with van der Waals surface area (Å²) in [5, 5.41) is 12.8. The van der Waals surface area contributed by atoms with Crippen molar-refractivity contribution in [2.45, 2.75) is 24.5 Å². The Labute approximate surface area is 208 Å². The molecular formula is C20H24BrCl2N3O3S2. The lowest BCUT2D eigenvalue weighted by Gasteiger charge is -2.32. The molecule has 6 nitrogen and oxygen atoms in total. The molecule has 0 spiro atoms. The van der Waals surface area contributed by atoms with Crippen LogP contribution in [0.1, 0.15) is 19.4 Å². The van der Waals surface area contributed by atoms with E-state index in [2.05, 4.69) is 4.99 Å². The minimum absolute atomic E-state index is 0. The normalized spacial score (nSPS) is 20.4. The third kappa shape index (κ3) is 5.24. The van der Waals surface area contributed by atoms with E-state index in [1.54, 1.807) is 56.1 Å². The summed E-state index contributed by atoms with van der Waals surface area (Å²) >= 11 is 13.5. The van der Waals surface area contributed by atoms with E-state index < -0.39 is 15.7 Å². The van der Waals surface area contributed by atoms with Gasteiger partial charge >= 0.3 is 0 Å². The summed E-state index contributed by atoms with van der Waals surface area (Å²) in [5.41, 5.74) is -0.276. The van der Waals surface area contributed by atoms with Crippen LogP contribution in [0.3, 0.4) is 0 Å². The zero-order chi connectivity index (χ0) is 22.1. The molecule has 1 saturated heterocycles. The molecule has 1 N–H and O–H groups in total. The van der Waals surface area contributed by atoms with Crippen molar-refractivity contribution in [1.82, 2.24) is 9.21 Å². The van der Waals surface area contributed by atoms with E-state index in [1.165, 1.54) is 28.2 Å². The van der Waals surface area contributed by atoms with Crippen molar-refractivity contribution in [3.63, 3.8) is 0 Å².